The van der Waals surface area contributed by atoms with Crippen LogP contribution in [0.2, 0.25) is 0 Å². The van der Waals surface area contributed by atoms with Gasteiger partial charge in [0.25, 0.3) is 0 Å². The number of carboxylic acid groups (broad SMARTS) is 1. The molecule has 0 heterocycles. The predicted octanol–water partition coefficient (Wildman–Crippen LogP) is -0.920. The van der Waals surface area contributed by atoms with Gasteiger partial charge in [-0.25, -0.2) is 0 Å². The van der Waals surface area contributed by atoms with Gasteiger partial charge in [0.15, 0.2) is 0 Å². The van der Waals surface area contributed by atoms with E-state index in [2.05, 4.69) is 0 Å². The lowest BCUT2D eigenvalue weighted by Crippen LogP contribution is -2.42. The van der Waals surface area contributed by atoms with Gasteiger partial charge in [0.2, 0.25) is 11.8 Å². The minimum absolute atomic E-state index is 0.0644. The lowest BCUT2D eigenvalue weighted by atomic mass is 9.84. The molecular formula is C10H19N3O4. The number of carbonyl (C=O) groups excluding carboxylic acids is 2. The van der Waals surface area contributed by atoms with Gasteiger partial charge in [0, 0.05) is 24.8 Å². The van der Waals surface area contributed by atoms with Crippen LogP contribution in [0.5, 0.6) is 0 Å². The number of hydrogen-bond donors (Lipinski definition) is 4. The Kier molecular flexibility index (Phi) is 6.19. The SMILES string of the molecule is NC(=O)CCC(N)(CCC(N)=O)CCC(=O)O. The fourth-order valence-corrected chi connectivity index (χ4v) is 1.48. The first-order chi connectivity index (χ1) is 7.75. The molecule has 0 bridgehead atoms. The van der Waals surface area contributed by atoms with Gasteiger partial charge in [-0.1, -0.05) is 0 Å². The van der Waals surface area contributed by atoms with Crippen molar-refractivity contribution in [3.8, 4) is 0 Å². The Morgan fingerprint density at radius 2 is 1.24 bits per heavy atom. The zero-order valence-corrected chi connectivity index (χ0v) is 9.65. The molecule has 98 valence electrons. The fraction of sp³-hybridized carbons (Fsp3) is 0.700. The predicted molar refractivity (Wildman–Crippen MR) is 60.6 cm³/mol. The van der Waals surface area contributed by atoms with Crippen molar-refractivity contribution in [3.63, 3.8) is 0 Å². The van der Waals surface area contributed by atoms with E-state index in [0.29, 0.717) is 0 Å². The molecule has 7 heteroatoms. The van der Waals surface area contributed by atoms with Crippen LogP contribution in [-0.4, -0.2) is 28.4 Å². The average molecular weight is 245 g/mol. The number of carbonyl (C=O) groups is 3. The standard InChI is InChI=1S/C10H19N3O4/c11-7(14)1-4-10(13,5-2-8(12)15)6-3-9(16)17/h1-6,13H2,(H2,11,14)(H2,12,15)(H,16,17). The van der Waals surface area contributed by atoms with Crippen molar-refractivity contribution in [2.24, 2.45) is 17.2 Å². The van der Waals surface area contributed by atoms with Crippen molar-refractivity contribution < 1.29 is 19.5 Å². The monoisotopic (exact) mass is 245 g/mol. The minimum atomic E-state index is -0.974. The second-order valence-electron chi connectivity index (χ2n) is 4.19. The van der Waals surface area contributed by atoms with Crippen molar-refractivity contribution in [1.82, 2.24) is 0 Å². The highest BCUT2D eigenvalue weighted by atomic mass is 16.4. The molecule has 0 saturated carbocycles. The lowest BCUT2D eigenvalue weighted by molar-refractivity contribution is -0.137. The Morgan fingerprint density at radius 3 is 1.53 bits per heavy atom. The molecule has 0 radical (unpaired) electrons. The van der Waals surface area contributed by atoms with Gasteiger partial charge in [0.05, 0.1) is 0 Å². The van der Waals surface area contributed by atoms with Gasteiger partial charge in [-0.15, -0.1) is 0 Å². The van der Waals surface area contributed by atoms with Crippen molar-refractivity contribution >= 4 is 17.8 Å². The maximum absolute atomic E-state index is 10.7. The lowest BCUT2D eigenvalue weighted by Gasteiger charge is -2.28. The molecule has 0 aromatic carbocycles. The first-order valence-electron chi connectivity index (χ1n) is 5.32. The number of rotatable bonds is 9. The van der Waals surface area contributed by atoms with Crippen LogP contribution < -0.4 is 17.2 Å². The van der Waals surface area contributed by atoms with Crippen LogP contribution >= 0.6 is 0 Å². The molecule has 0 fully saturated rings. The Balaban J connectivity index is 4.37. The second kappa shape index (κ2) is 6.85. The molecule has 2 amide bonds. The number of aliphatic carboxylic acids is 1. The largest absolute Gasteiger partial charge is 0.481 e. The molecule has 7 N–H and O–H groups in total. The molecule has 17 heavy (non-hydrogen) atoms. The van der Waals surface area contributed by atoms with Crippen LogP contribution in [0.3, 0.4) is 0 Å². The summed E-state index contributed by atoms with van der Waals surface area (Å²) in [7, 11) is 0. The average Bonchev–Trinajstić information content (AvgIpc) is 2.21. The van der Waals surface area contributed by atoms with Crippen LogP contribution in [0, 0.1) is 0 Å². The highest BCUT2D eigenvalue weighted by Gasteiger charge is 2.26. The van der Waals surface area contributed by atoms with Crippen LogP contribution in [0.25, 0.3) is 0 Å². The van der Waals surface area contributed by atoms with Crippen LogP contribution in [0.1, 0.15) is 38.5 Å². The van der Waals surface area contributed by atoms with Crippen molar-refractivity contribution in [3.05, 3.63) is 0 Å². The maximum atomic E-state index is 10.7. The van der Waals surface area contributed by atoms with E-state index in [-0.39, 0.29) is 38.5 Å². The van der Waals surface area contributed by atoms with Crippen molar-refractivity contribution in [2.75, 3.05) is 0 Å². The molecule has 0 aliphatic carbocycles. The van der Waals surface area contributed by atoms with Gasteiger partial charge in [-0.3, -0.25) is 14.4 Å². The number of hydrogen-bond acceptors (Lipinski definition) is 4. The summed E-state index contributed by atoms with van der Waals surface area (Å²) in [6, 6.07) is 0. The topological polar surface area (TPSA) is 149 Å². The Hall–Kier alpha value is -1.63. The summed E-state index contributed by atoms with van der Waals surface area (Å²) in [4.78, 5) is 31.8. The smallest absolute Gasteiger partial charge is 0.303 e. The minimum Gasteiger partial charge on any atom is -0.481 e. The third kappa shape index (κ3) is 8.21. The summed E-state index contributed by atoms with van der Waals surface area (Å²) < 4.78 is 0. The molecule has 0 aromatic rings. The second-order valence-corrected chi connectivity index (χ2v) is 4.19. The number of carboxylic acids is 1. The molecule has 0 rings (SSSR count). The third-order valence-corrected chi connectivity index (χ3v) is 2.58. The summed E-state index contributed by atoms with van der Waals surface area (Å²) in [5.41, 5.74) is 15.1. The zero-order chi connectivity index (χ0) is 13.5. The Morgan fingerprint density at radius 1 is 0.882 bits per heavy atom. The van der Waals surface area contributed by atoms with Gasteiger partial charge >= 0.3 is 5.97 Å². The van der Waals surface area contributed by atoms with Gasteiger partial charge in [-0.05, 0) is 19.3 Å². The quantitative estimate of drug-likeness (QED) is 0.414. The number of primary amides is 2. The van der Waals surface area contributed by atoms with Gasteiger partial charge in [0.1, 0.15) is 0 Å². The van der Waals surface area contributed by atoms with E-state index in [4.69, 9.17) is 22.3 Å². The van der Waals surface area contributed by atoms with Crippen molar-refractivity contribution in [1.29, 1.82) is 0 Å². The Bertz CT molecular complexity index is 258. The van der Waals surface area contributed by atoms with E-state index in [9.17, 15) is 14.4 Å². The number of nitrogens with two attached hydrogens (primary N) is 3. The van der Waals surface area contributed by atoms with Crippen molar-refractivity contribution in [2.45, 2.75) is 44.1 Å². The molecule has 0 spiro atoms. The Labute approximate surface area is 99.3 Å². The van der Waals surface area contributed by atoms with Crippen LogP contribution in [0.4, 0.5) is 0 Å². The molecule has 0 atom stereocenters. The van der Waals surface area contributed by atoms with Crippen LogP contribution in [0.15, 0.2) is 0 Å². The molecular weight excluding hydrogens is 226 g/mol. The molecule has 0 saturated heterocycles. The molecule has 0 aromatic heterocycles. The van der Waals surface area contributed by atoms with E-state index in [1.165, 1.54) is 0 Å². The molecule has 0 unspecified atom stereocenters. The first-order valence-corrected chi connectivity index (χ1v) is 5.32. The van der Waals surface area contributed by atoms with E-state index in [1.807, 2.05) is 0 Å². The molecule has 7 nitrogen and oxygen atoms in total. The van der Waals surface area contributed by atoms with E-state index >= 15 is 0 Å². The maximum Gasteiger partial charge on any atom is 0.303 e. The normalized spacial score (nSPS) is 11.1. The van der Waals surface area contributed by atoms with Gasteiger partial charge in [-0.2, -0.15) is 0 Å². The zero-order valence-electron chi connectivity index (χ0n) is 9.65. The summed E-state index contributed by atoms with van der Waals surface area (Å²) in [6.45, 7) is 0. The molecule has 0 aliphatic rings. The summed E-state index contributed by atoms with van der Waals surface area (Å²) in [5, 5.41) is 8.59. The number of amides is 2. The van der Waals surface area contributed by atoms with E-state index < -0.39 is 23.3 Å². The summed E-state index contributed by atoms with van der Waals surface area (Å²) in [6.07, 6.45) is 0.701. The molecule has 0 aliphatic heterocycles. The highest BCUT2D eigenvalue weighted by Crippen LogP contribution is 2.22. The summed E-state index contributed by atoms with van der Waals surface area (Å²) >= 11 is 0. The van der Waals surface area contributed by atoms with E-state index in [1.54, 1.807) is 0 Å². The highest BCUT2D eigenvalue weighted by molar-refractivity contribution is 5.74. The fourth-order valence-electron chi connectivity index (χ4n) is 1.48. The third-order valence-electron chi connectivity index (χ3n) is 2.58. The summed E-state index contributed by atoms with van der Waals surface area (Å²) in [5.74, 6) is -1.98. The van der Waals surface area contributed by atoms with Crippen LogP contribution in [-0.2, 0) is 14.4 Å². The van der Waals surface area contributed by atoms with Gasteiger partial charge < -0.3 is 22.3 Å². The first kappa shape index (κ1) is 15.4. The van der Waals surface area contributed by atoms with E-state index in [0.717, 1.165) is 0 Å².